The number of piperazine rings is 1. The summed E-state index contributed by atoms with van der Waals surface area (Å²) in [5, 5.41) is 0. The molecule has 1 amide bonds. The van der Waals surface area contributed by atoms with Crippen molar-refractivity contribution in [3.05, 3.63) is 53.0 Å². The van der Waals surface area contributed by atoms with E-state index in [-0.39, 0.29) is 5.91 Å². The number of nitrogens with zero attached hydrogens (tertiary/aromatic N) is 4. The first kappa shape index (κ1) is 19.3. The van der Waals surface area contributed by atoms with Crippen LogP contribution in [0.3, 0.4) is 0 Å². The first-order valence-corrected chi connectivity index (χ1v) is 9.87. The van der Waals surface area contributed by atoms with Gasteiger partial charge in [-0.3, -0.25) is 4.79 Å². The highest BCUT2D eigenvalue weighted by Gasteiger charge is 2.25. The largest absolute Gasteiger partial charge is 0.353 e. The maximum absolute atomic E-state index is 12.6. The second-order valence-corrected chi connectivity index (χ2v) is 7.60. The molecule has 0 unspecified atom stereocenters. The van der Waals surface area contributed by atoms with Gasteiger partial charge in [0.05, 0.1) is 0 Å². The molecular formula is C22H30N4O. The second kappa shape index (κ2) is 8.51. The average Bonchev–Trinajstić information content (AvgIpc) is 2.66. The summed E-state index contributed by atoms with van der Waals surface area (Å²) in [5.74, 6) is 2.49. The van der Waals surface area contributed by atoms with E-state index in [0.717, 1.165) is 49.9 Å². The monoisotopic (exact) mass is 366 g/mol. The molecule has 0 radical (unpaired) electrons. The zero-order chi connectivity index (χ0) is 19.4. The van der Waals surface area contributed by atoms with E-state index >= 15 is 0 Å². The van der Waals surface area contributed by atoms with Gasteiger partial charge in [0, 0.05) is 43.9 Å². The molecule has 1 aliphatic heterocycles. The van der Waals surface area contributed by atoms with Gasteiger partial charge in [-0.1, -0.05) is 44.2 Å². The van der Waals surface area contributed by atoms with Crippen molar-refractivity contribution < 1.29 is 4.79 Å². The van der Waals surface area contributed by atoms with Crippen LogP contribution < -0.4 is 4.90 Å². The van der Waals surface area contributed by atoms with Gasteiger partial charge >= 0.3 is 0 Å². The Balaban J connectivity index is 1.61. The first-order valence-electron chi connectivity index (χ1n) is 9.87. The van der Waals surface area contributed by atoms with Crippen LogP contribution in [0.4, 0.5) is 5.82 Å². The molecule has 0 atom stereocenters. The van der Waals surface area contributed by atoms with E-state index in [1.165, 1.54) is 11.1 Å². The Morgan fingerprint density at radius 2 is 1.70 bits per heavy atom. The smallest absolute Gasteiger partial charge is 0.223 e. The number of anilines is 1. The quantitative estimate of drug-likeness (QED) is 0.813. The summed E-state index contributed by atoms with van der Waals surface area (Å²) in [6, 6.07) is 10.2. The molecular weight excluding hydrogens is 336 g/mol. The summed E-state index contributed by atoms with van der Waals surface area (Å²) < 4.78 is 0. The molecule has 27 heavy (non-hydrogen) atoms. The van der Waals surface area contributed by atoms with Crippen molar-refractivity contribution in [2.24, 2.45) is 0 Å². The van der Waals surface area contributed by atoms with E-state index in [0.29, 0.717) is 12.3 Å². The van der Waals surface area contributed by atoms with Crippen LogP contribution in [0, 0.1) is 13.8 Å². The van der Waals surface area contributed by atoms with Gasteiger partial charge in [-0.05, 0) is 31.7 Å². The lowest BCUT2D eigenvalue weighted by atomic mass is 10.0. The number of hydrogen-bond acceptors (Lipinski definition) is 4. The summed E-state index contributed by atoms with van der Waals surface area (Å²) in [5.41, 5.74) is 3.51. The van der Waals surface area contributed by atoms with E-state index in [4.69, 9.17) is 4.98 Å². The van der Waals surface area contributed by atoms with E-state index in [9.17, 15) is 4.79 Å². The SMILES string of the molecule is Cc1nc(C)c(C(C)C)c(N2CCN(C(=O)CCc3ccccc3)CC2)n1. The van der Waals surface area contributed by atoms with E-state index in [1.807, 2.05) is 30.0 Å². The van der Waals surface area contributed by atoms with Crippen molar-refractivity contribution in [2.75, 3.05) is 31.1 Å². The molecule has 1 aliphatic rings. The van der Waals surface area contributed by atoms with Crippen LogP contribution in [0.15, 0.2) is 30.3 Å². The standard InChI is InChI=1S/C22H30N4O/c1-16(2)21-17(3)23-18(4)24-22(21)26-14-12-25(13-15-26)20(27)11-10-19-8-6-5-7-9-19/h5-9,16H,10-15H2,1-4H3. The van der Waals surface area contributed by atoms with E-state index < -0.39 is 0 Å². The number of benzene rings is 1. The van der Waals surface area contributed by atoms with Crippen molar-refractivity contribution in [1.82, 2.24) is 14.9 Å². The predicted octanol–water partition coefficient (Wildman–Crippen LogP) is 3.50. The Kier molecular flexibility index (Phi) is 6.09. The minimum atomic E-state index is 0.248. The average molecular weight is 367 g/mol. The Bertz CT molecular complexity index is 780. The summed E-state index contributed by atoms with van der Waals surface area (Å²) >= 11 is 0. The van der Waals surface area contributed by atoms with Crippen LogP contribution in [0.2, 0.25) is 0 Å². The fraction of sp³-hybridized carbons (Fsp3) is 0.500. The Labute approximate surface area is 162 Å². The number of rotatable bonds is 5. The van der Waals surface area contributed by atoms with Crippen molar-refractivity contribution >= 4 is 11.7 Å². The lowest BCUT2D eigenvalue weighted by Crippen LogP contribution is -2.49. The van der Waals surface area contributed by atoms with Gasteiger partial charge in [0.1, 0.15) is 11.6 Å². The molecule has 1 aromatic heterocycles. The molecule has 5 heteroatoms. The third-order valence-corrected chi connectivity index (χ3v) is 5.21. The Morgan fingerprint density at radius 3 is 2.33 bits per heavy atom. The molecule has 1 aromatic carbocycles. The van der Waals surface area contributed by atoms with E-state index in [2.05, 4.69) is 42.8 Å². The van der Waals surface area contributed by atoms with Crippen LogP contribution >= 0.6 is 0 Å². The number of aromatic nitrogens is 2. The minimum absolute atomic E-state index is 0.248. The van der Waals surface area contributed by atoms with Crippen LogP contribution in [-0.2, 0) is 11.2 Å². The van der Waals surface area contributed by atoms with Gasteiger partial charge in [-0.25, -0.2) is 9.97 Å². The van der Waals surface area contributed by atoms with Crippen LogP contribution in [-0.4, -0.2) is 47.0 Å². The Hall–Kier alpha value is -2.43. The third-order valence-electron chi connectivity index (χ3n) is 5.21. The van der Waals surface area contributed by atoms with Gasteiger partial charge in [-0.15, -0.1) is 0 Å². The molecule has 0 bridgehead atoms. The zero-order valence-electron chi connectivity index (χ0n) is 16.9. The van der Waals surface area contributed by atoms with Crippen molar-refractivity contribution in [3.8, 4) is 0 Å². The minimum Gasteiger partial charge on any atom is -0.353 e. The molecule has 3 rings (SSSR count). The molecule has 144 valence electrons. The van der Waals surface area contributed by atoms with Crippen molar-refractivity contribution in [2.45, 2.75) is 46.5 Å². The maximum atomic E-state index is 12.6. The molecule has 2 heterocycles. The molecule has 0 saturated carbocycles. The molecule has 0 spiro atoms. The number of hydrogen-bond donors (Lipinski definition) is 0. The van der Waals surface area contributed by atoms with Crippen molar-refractivity contribution in [1.29, 1.82) is 0 Å². The highest BCUT2D eigenvalue weighted by molar-refractivity contribution is 5.76. The van der Waals surface area contributed by atoms with Crippen LogP contribution in [0.5, 0.6) is 0 Å². The Morgan fingerprint density at radius 1 is 1.04 bits per heavy atom. The summed E-state index contributed by atoms with van der Waals surface area (Å²) in [6.45, 7) is 11.6. The molecule has 0 N–H and O–H groups in total. The fourth-order valence-electron chi connectivity index (χ4n) is 3.84. The summed E-state index contributed by atoms with van der Waals surface area (Å²) in [4.78, 5) is 26.2. The fourth-order valence-corrected chi connectivity index (χ4v) is 3.84. The maximum Gasteiger partial charge on any atom is 0.223 e. The number of amides is 1. The lowest BCUT2D eigenvalue weighted by molar-refractivity contribution is -0.131. The van der Waals surface area contributed by atoms with E-state index in [1.54, 1.807) is 0 Å². The third kappa shape index (κ3) is 4.65. The highest BCUT2D eigenvalue weighted by atomic mass is 16.2. The topological polar surface area (TPSA) is 49.3 Å². The van der Waals surface area contributed by atoms with Gasteiger partial charge in [0.2, 0.25) is 5.91 Å². The van der Waals surface area contributed by atoms with Gasteiger partial charge in [0.15, 0.2) is 0 Å². The van der Waals surface area contributed by atoms with Gasteiger partial charge in [-0.2, -0.15) is 0 Å². The van der Waals surface area contributed by atoms with Gasteiger partial charge < -0.3 is 9.80 Å². The first-order chi connectivity index (χ1) is 13.0. The molecule has 5 nitrogen and oxygen atoms in total. The zero-order valence-corrected chi connectivity index (χ0v) is 16.9. The highest BCUT2D eigenvalue weighted by Crippen LogP contribution is 2.29. The number of carbonyl (C=O) groups is 1. The molecule has 1 saturated heterocycles. The van der Waals surface area contributed by atoms with Gasteiger partial charge in [0.25, 0.3) is 0 Å². The number of carbonyl (C=O) groups excluding carboxylic acids is 1. The van der Waals surface area contributed by atoms with Crippen LogP contribution in [0.25, 0.3) is 0 Å². The lowest BCUT2D eigenvalue weighted by Gasteiger charge is -2.37. The van der Waals surface area contributed by atoms with Crippen LogP contribution in [0.1, 0.15) is 48.8 Å². The second-order valence-electron chi connectivity index (χ2n) is 7.60. The predicted molar refractivity (Wildman–Crippen MR) is 109 cm³/mol. The number of aryl methyl sites for hydroxylation is 3. The van der Waals surface area contributed by atoms with Crippen molar-refractivity contribution in [3.63, 3.8) is 0 Å². The summed E-state index contributed by atoms with van der Waals surface area (Å²) in [6.07, 6.45) is 1.38. The normalized spacial score (nSPS) is 14.7. The molecule has 2 aromatic rings. The molecule has 0 aliphatic carbocycles. The molecule has 1 fully saturated rings. The summed E-state index contributed by atoms with van der Waals surface area (Å²) in [7, 11) is 0.